The highest BCUT2D eigenvalue weighted by Crippen LogP contribution is 1.76. The number of rotatable bonds is 2. The van der Waals surface area contributed by atoms with Gasteiger partial charge in [-0.05, 0) is 12.2 Å². The van der Waals surface area contributed by atoms with E-state index in [1.54, 1.807) is 0 Å². The Morgan fingerprint density at radius 1 is 1.89 bits per heavy atom. The second kappa shape index (κ2) is 5.15. The summed E-state index contributed by atoms with van der Waals surface area (Å²) < 4.78 is 4.25. The summed E-state index contributed by atoms with van der Waals surface area (Å²) in [5.41, 5.74) is 0. The first-order valence-electron chi connectivity index (χ1n) is 2.12. The van der Waals surface area contributed by atoms with E-state index in [-0.39, 0.29) is 0 Å². The molecular formula is C5H5NO2S. The van der Waals surface area contributed by atoms with Gasteiger partial charge in [0.1, 0.15) is 0 Å². The molecule has 0 aromatic rings. The molecule has 0 spiro atoms. The SMILES string of the molecule is COC(=O)/C=C\N=C=S. The molecule has 4 heteroatoms. The van der Waals surface area contributed by atoms with Gasteiger partial charge < -0.3 is 4.74 Å². The molecule has 0 saturated carbocycles. The van der Waals surface area contributed by atoms with Gasteiger partial charge in [0.15, 0.2) is 0 Å². The molecule has 0 radical (unpaired) electrons. The summed E-state index contributed by atoms with van der Waals surface area (Å²) in [6.45, 7) is 0. The molecule has 48 valence electrons. The van der Waals surface area contributed by atoms with Crippen LogP contribution in [0.15, 0.2) is 17.3 Å². The van der Waals surface area contributed by atoms with E-state index in [1.165, 1.54) is 13.3 Å². The molecule has 0 rings (SSSR count). The number of esters is 1. The molecule has 0 unspecified atom stereocenters. The molecule has 3 nitrogen and oxygen atoms in total. The molecule has 0 heterocycles. The van der Waals surface area contributed by atoms with Gasteiger partial charge in [-0.15, -0.1) is 0 Å². The van der Waals surface area contributed by atoms with Crippen molar-refractivity contribution in [1.82, 2.24) is 0 Å². The molecule has 0 amide bonds. The number of carbonyl (C=O) groups excluding carboxylic acids is 1. The predicted molar refractivity (Wildman–Crippen MR) is 36.2 cm³/mol. The molecule has 0 aliphatic heterocycles. The van der Waals surface area contributed by atoms with Crippen molar-refractivity contribution in [2.45, 2.75) is 0 Å². The van der Waals surface area contributed by atoms with Crippen molar-refractivity contribution in [3.05, 3.63) is 12.3 Å². The number of carbonyl (C=O) groups is 1. The molecule has 0 fully saturated rings. The fourth-order valence-corrected chi connectivity index (χ4v) is 0.257. The van der Waals surface area contributed by atoms with Crippen molar-refractivity contribution in [2.24, 2.45) is 4.99 Å². The normalized spacial score (nSPS) is 8.56. The molecule has 0 aliphatic carbocycles. The number of thiocarbonyl (C=S) groups is 1. The van der Waals surface area contributed by atoms with Gasteiger partial charge in [0.05, 0.1) is 12.3 Å². The Morgan fingerprint density at radius 2 is 2.56 bits per heavy atom. The number of methoxy groups -OCH3 is 1. The van der Waals surface area contributed by atoms with Crippen molar-refractivity contribution < 1.29 is 9.53 Å². The topological polar surface area (TPSA) is 38.7 Å². The molecule has 0 aromatic heterocycles. The average molecular weight is 143 g/mol. The first-order valence-corrected chi connectivity index (χ1v) is 2.53. The van der Waals surface area contributed by atoms with Crippen LogP contribution in [0.3, 0.4) is 0 Å². The first-order chi connectivity index (χ1) is 4.31. The summed E-state index contributed by atoms with van der Waals surface area (Å²) >= 11 is 4.22. The van der Waals surface area contributed by atoms with Crippen molar-refractivity contribution in [1.29, 1.82) is 0 Å². The third-order valence-electron chi connectivity index (χ3n) is 0.539. The molecule has 0 saturated heterocycles. The second-order valence-electron chi connectivity index (χ2n) is 1.06. The van der Waals surface area contributed by atoms with E-state index in [4.69, 9.17) is 0 Å². The Balaban J connectivity index is 3.70. The molecule has 0 bridgehead atoms. The summed E-state index contributed by atoms with van der Waals surface area (Å²) in [6, 6.07) is 0. The largest absolute Gasteiger partial charge is 0.466 e. The zero-order valence-electron chi connectivity index (χ0n) is 4.83. The number of ether oxygens (including phenoxy) is 1. The van der Waals surface area contributed by atoms with Crippen LogP contribution in [0.1, 0.15) is 0 Å². The van der Waals surface area contributed by atoms with Crippen molar-refractivity contribution in [2.75, 3.05) is 7.11 Å². The highest BCUT2D eigenvalue weighted by atomic mass is 32.1. The van der Waals surface area contributed by atoms with Crippen molar-refractivity contribution in [3.8, 4) is 0 Å². The second-order valence-corrected chi connectivity index (χ2v) is 1.24. The van der Waals surface area contributed by atoms with Crippen molar-refractivity contribution in [3.63, 3.8) is 0 Å². The van der Waals surface area contributed by atoms with Crippen LogP contribution in [0, 0.1) is 0 Å². The maximum absolute atomic E-state index is 10.3. The maximum atomic E-state index is 10.3. The Bertz CT molecular complexity index is 170. The minimum atomic E-state index is -0.455. The molecular weight excluding hydrogens is 138 g/mol. The van der Waals surface area contributed by atoms with E-state index in [0.29, 0.717) is 0 Å². The third-order valence-corrected chi connectivity index (χ3v) is 0.644. The van der Waals surface area contributed by atoms with Gasteiger partial charge >= 0.3 is 5.97 Å². The van der Waals surface area contributed by atoms with Crippen LogP contribution in [0.4, 0.5) is 0 Å². The van der Waals surface area contributed by atoms with E-state index in [9.17, 15) is 4.79 Å². The Kier molecular flexibility index (Phi) is 4.59. The number of hydrogen-bond acceptors (Lipinski definition) is 4. The molecule has 0 N–H and O–H groups in total. The lowest BCUT2D eigenvalue weighted by atomic mass is 10.6. The van der Waals surface area contributed by atoms with Crippen LogP contribution in [0.5, 0.6) is 0 Å². The van der Waals surface area contributed by atoms with Gasteiger partial charge in [0, 0.05) is 12.3 Å². The van der Waals surface area contributed by atoms with Gasteiger partial charge in [0.2, 0.25) is 0 Å². The number of isothiocyanates is 1. The minimum Gasteiger partial charge on any atom is -0.466 e. The molecule has 0 aromatic carbocycles. The first kappa shape index (κ1) is 8.01. The minimum absolute atomic E-state index is 0.455. The quantitative estimate of drug-likeness (QED) is 0.248. The smallest absolute Gasteiger partial charge is 0.332 e. The monoisotopic (exact) mass is 143 g/mol. The fraction of sp³-hybridized carbons (Fsp3) is 0.200. The van der Waals surface area contributed by atoms with Crippen LogP contribution in [0.2, 0.25) is 0 Å². The highest BCUT2D eigenvalue weighted by molar-refractivity contribution is 7.78. The number of nitrogens with zero attached hydrogens (tertiary/aromatic N) is 1. The van der Waals surface area contributed by atoms with Crippen LogP contribution < -0.4 is 0 Å². The van der Waals surface area contributed by atoms with E-state index in [2.05, 4.69) is 27.1 Å². The summed E-state index contributed by atoms with van der Waals surface area (Å²) in [6.07, 6.45) is 2.37. The van der Waals surface area contributed by atoms with Gasteiger partial charge in [-0.25, -0.2) is 9.79 Å². The standard InChI is InChI=1S/C5H5NO2S/c1-8-5(7)2-3-6-4-9/h2-3H,1H3/b3-2-. The molecule has 0 atom stereocenters. The van der Waals surface area contributed by atoms with E-state index < -0.39 is 5.97 Å². The Hall–Kier alpha value is -0.990. The van der Waals surface area contributed by atoms with Gasteiger partial charge in [0.25, 0.3) is 0 Å². The number of aliphatic imine (C=N–C) groups is 1. The Morgan fingerprint density at radius 3 is 3.00 bits per heavy atom. The highest BCUT2D eigenvalue weighted by Gasteiger charge is 1.86. The van der Waals surface area contributed by atoms with Crippen LogP contribution in [-0.2, 0) is 9.53 Å². The van der Waals surface area contributed by atoms with Crippen LogP contribution in [0.25, 0.3) is 0 Å². The summed E-state index contributed by atoms with van der Waals surface area (Å²) in [4.78, 5) is 13.6. The van der Waals surface area contributed by atoms with Crippen LogP contribution >= 0.6 is 12.2 Å². The summed E-state index contributed by atoms with van der Waals surface area (Å²) in [5.74, 6) is -0.455. The summed E-state index contributed by atoms with van der Waals surface area (Å²) in [7, 11) is 1.29. The van der Waals surface area contributed by atoms with Crippen molar-refractivity contribution >= 4 is 23.3 Å². The van der Waals surface area contributed by atoms with Gasteiger partial charge in [-0.3, -0.25) is 0 Å². The lowest BCUT2D eigenvalue weighted by Gasteiger charge is -1.84. The Labute approximate surface area is 58.0 Å². The summed E-state index contributed by atoms with van der Waals surface area (Å²) in [5, 5.41) is 2.06. The van der Waals surface area contributed by atoms with Gasteiger partial charge in [-0.2, -0.15) is 0 Å². The third kappa shape index (κ3) is 4.87. The van der Waals surface area contributed by atoms with E-state index >= 15 is 0 Å². The van der Waals surface area contributed by atoms with E-state index in [1.807, 2.05) is 0 Å². The number of hydrogen-bond donors (Lipinski definition) is 0. The lowest BCUT2D eigenvalue weighted by molar-refractivity contribution is -0.134. The average Bonchev–Trinajstić information content (AvgIpc) is 1.89. The molecule has 0 aliphatic rings. The van der Waals surface area contributed by atoms with E-state index in [0.717, 1.165) is 6.08 Å². The zero-order valence-corrected chi connectivity index (χ0v) is 5.64. The predicted octanol–water partition coefficient (Wildman–Crippen LogP) is 0.776. The maximum Gasteiger partial charge on any atom is 0.332 e. The van der Waals surface area contributed by atoms with Gasteiger partial charge in [-0.1, -0.05) is 0 Å². The fourth-order valence-electron chi connectivity index (χ4n) is 0.197. The lowest BCUT2D eigenvalue weighted by Crippen LogP contribution is -1.92. The van der Waals surface area contributed by atoms with Crippen LogP contribution in [-0.4, -0.2) is 18.2 Å². The molecule has 9 heavy (non-hydrogen) atoms. The zero-order chi connectivity index (χ0) is 7.11.